The van der Waals surface area contributed by atoms with Gasteiger partial charge in [0, 0.05) is 19.6 Å². The number of carbonyl (C=O) groups is 1. The molecule has 0 spiro atoms. The molecule has 0 aromatic heterocycles. The third-order valence-corrected chi connectivity index (χ3v) is 2.01. The number of aliphatic hydroxyl groups excluding tert-OH is 2. The largest absolute Gasteiger partial charge is 0.466 e. The van der Waals surface area contributed by atoms with Crippen molar-refractivity contribution >= 4 is 5.97 Å². The first kappa shape index (κ1) is 27.1. The van der Waals surface area contributed by atoms with E-state index in [0.29, 0.717) is 39.5 Å². The monoisotopic (exact) mass is 340 g/mol. The zero-order valence-corrected chi connectivity index (χ0v) is 15.2. The summed E-state index contributed by atoms with van der Waals surface area (Å²) in [5, 5.41) is 16.5. The molecule has 7 nitrogen and oxygen atoms in total. The molecule has 142 valence electrons. The van der Waals surface area contributed by atoms with Crippen LogP contribution in [0.5, 0.6) is 0 Å². The number of ether oxygens (including phenoxy) is 4. The minimum absolute atomic E-state index is 0.0417. The molecule has 0 aliphatic carbocycles. The highest BCUT2D eigenvalue weighted by atomic mass is 16.5. The number of rotatable bonds is 12. The molecule has 0 aromatic rings. The van der Waals surface area contributed by atoms with Crippen LogP contribution >= 0.6 is 0 Å². The maximum Gasteiger partial charge on any atom is 0.305 e. The van der Waals surface area contributed by atoms with E-state index in [-0.39, 0.29) is 19.2 Å². The lowest BCUT2D eigenvalue weighted by Gasteiger charge is -2.01. The average Bonchev–Trinajstić information content (AvgIpc) is 2.57. The van der Waals surface area contributed by atoms with Crippen LogP contribution < -0.4 is 0 Å². The summed E-state index contributed by atoms with van der Waals surface area (Å²) < 4.78 is 19.3. The second-order valence-corrected chi connectivity index (χ2v) is 4.03. The Labute approximate surface area is 140 Å². The number of hydrogen-bond acceptors (Lipinski definition) is 7. The van der Waals surface area contributed by atoms with Gasteiger partial charge in [-0.05, 0) is 20.3 Å². The van der Waals surface area contributed by atoms with Gasteiger partial charge in [-0.2, -0.15) is 0 Å². The van der Waals surface area contributed by atoms with E-state index in [1.165, 1.54) is 0 Å². The highest BCUT2D eigenvalue weighted by molar-refractivity contribution is 5.68. The van der Waals surface area contributed by atoms with Crippen LogP contribution in [0, 0.1) is 0 Å². The first-order valence-electron chi connectivity index (χ1n) is 8.24. The maximum absolute atomic E-state index is 10.3. The molecule has 0 aliphatic rings. The summed E-state index contributed by atoms with van der Waals surface area (Å²) in [6, 6.07) is 0. The predicted molar refractivity (Wildman–Crippen MR) is 89.5 cm³/mol. The molecule has 23 heavy (non-hydrogen) atoms. The van der Waals surface area contributed by atoms with Gasteiger partial charge in [-0.1, -0.05) is 13.8 Å². The zero-order chi connectivity index (χ0) is 18.2. The van der Waals surface area contributed by atoms with E-state index in [9.17, 15) is 4.79 Å². The second-order valence-electron chi connectivity index (χ2n) is 4.03. The maximum atomic E-state index is 10.3. The van der Waals surface area contributed by atoms with Crippen molar-refractivity contribution in [2.75, 3.05) is 59.5 Å². The number of hydrogen-bond donors (Lipinski definition) is 2. The third-order valence-electron chi connectivity index (χ3n) is 2.01. The van der Waals surface area contributed by atoms with Gasteiger partial charge in [0.15, 0.2) is 0 Å². The molecule has 7 heteroatoms. The van der Waals surface area contributed by atoms with Crippen molar-refractivity contribution in [3.05, 3.63) is 0 Å². The lowest BCUT2D eigenvalue weighted by molar-refractivity contribution is -0.143. The molecule has 0 heterocycles. The van der Waals surface area contributed by atoms with Crippen molar-refractivity contribution in [2.24, 2.45) is 0 Å². The van der Waals surface area contributed by atoms with E-state index in [1.807, 2.05) is 20.8 Å². The van der Waals surface area contributed by atoms with Gasteiger partial charge in [0.05, 0.1) is 46.2 Å². The molecular weight excluding hydrogens is 304 g/mol. The fraction of sp³-hybridized carbons (Fsp3) is 0.938. The Kier molecular flexibility index (Phi) is 34.6. The molecule has 0 rings (SSSR count). The smallest absolute Gasteiger partial charge is 0.305 e. The Bertz CT molecular complexity index is 191. The molecule has 0 fully saturated rings. The molecular formula is C16H36O7. The van der Waals surface area contributed by atoms with Crippen LogP contribution in [-0.2, 0) is 23.7 Å². The van der Waals surface area contributed by atoms with E-state index >= 15 is 0 Å². The quantitative estimate of drug-likeness (QED) is 0.409. The van der Waals surface area contributed by atoms with Gasteiger partial charge in [0.25, 0.3) is 0 Å². The van der Waals surface area contributed by atoms with Gasteiger partial charge in [-0.15, -0.1) is 0 Å². The second kappa shape index (κ2) is 29.3. The standard InChI is InChI=1S/C6H14O4.C6H12O2.C4H10O/c7-1-3-9-5-6-10-4-2-8;1-3-5-8-6(7)4-2;1-3-5-4-2/h7-8H,1-6H2;3-5H2,1-2H3;3-4H2,1-2H3. The van der Waals surface area contributed by atoms with Crippen LogP contribution in [0.15, 0.2) is 0 Å². The van der Waals surface area contributed by atoms with Gasteiger partial charge in [0.2, 0.25) is 0 Å². The first-order chi connectivity index (χ1) is 11.1. The van der Waals surface area contributed by atoms with E-state index in [1.54, 1.807) is 6.92 Å². The van der Waals surface area contributed by atoms with Crippen LogP contribution in [-0.4, -0.2) is 75.6 Å². The van der Waals surface area contributed by atoms with Crippen LogP contribution in [0.25, 0.3) is 0 Å². The van der Waals surface area contributed by atoms with E-state index in [2.05, 4.69) is 0 Å². The molecule has 0 atom stereocenters. The Morgan fingerprint density at radius 1 is 0.739 bits per heavy atom. The number of esters is 1. The Balaban J connectivity index is -0.000000276. The normalized spacial score (nSPS) is 9.30. The number of aliphatic hydroxyl groups is 2. The van der Waals surface area contributed by atoms with Crippen LogP contribution in [0.2, 0.25) is 0 Å². The zero-order valence-electron chi connectivity index (χ0n) is 15.2. The fourth-order valence-electron chi connectivity index (χ4n) is 0.973. The molecule has 0 amide bonds. The molecule has 0 radical (unpaired) electrons. The van der Waals surface area contributed by atoms with Gasteiger partial charge in [0.1, 0.15) is 0 Å². The van der Waals surface area contributed by atoms with Crippen LogP contribution in [0.4, 0.5) is 0 Å². The summed E-state index contributed by atoms with van der Waals surface area (Å²) in [5.41, 5.74) is 0. The van der Waals surface area contributed by atoms with Crippen molar-refractivity contribution in [1.29, 1.82) is 0 Å². The lowest BCUT2D eigenvalue weighted by atomic mass is 10.5. The highest BCUT2D eigenvalue weighted by Crippen LogP contribution is 1.85. The van der Waals surface area contributed by atoms with E-state index in [4.69, 9.17) is 29.2 Å². The minimum atomic E-state index is -0.105. The average molecular weight is 340 g/mol. The molecule has 0 saturated heterocycles. The van der Waals surface area contributed by atoms with Crippen LogP contribution in [0.3, 0.4) is 0 Å². The molecule has 0 unspecified atom stereocenters. The van der Waals surface area contributed by atoms with Crippen molar-refractivity contribution < 1.29 is 34.0 Å². The molecule has 0 bridgehead atoms. The molecule has 0 saturated carbocycles. The SMILES string of the molecule is CCCOC(=O)CC.CCOCC.OCCOCCOCCO. The van der Waals surface area contributed by atoms with Gasteiger partial charge >= 0.3 is 5.97 Å². The van der Waals surface area contributed by atoms with Gasteiger partial charge in [-0.25, -0.2) is 0 Å². The molecule has 2 N–H and O–H groups in total. The van der Waals surface area contributed by atoms with Crippen molar-refractivity contribution in [2.45, 2.75) is 40.5 Å². The Morgan fingerprint density at radius 2 is 1.22 bits per heavy atom. The summed E-state index contributed by atoms with van der Waals surface area (Å²) in [5.74, 6) is -0.105. The summed E-state index contributed by atoms with van der Waals surface area (Å²) >= 11 is 0. The Morgan fingerprint density at radius 3 is 1.48 bits per heavy atom. The fourth-order valence-corrected chi connectivity index (χ4v) is 0.973. The van der Waals surface area contributed by atoms with Gasteiger partial charge in [-0.3, -0.25) is 4.79 Å². The lowest BCUT2D eigenvalue weighted by Crippen LogP contribution is -2.09. The van der Waals surface area contributed by atoms with E-state index < -0.39 is 0 Å². The topological polar surface area (TPSA) is 94.5 Å². The van der Waals surface area contributed by atoms with Crippen molar-refractivity contribution in [3.63, 3.8) is 0 Å². The molecule has 0 aliphatic heterocycles. The van der Waals surface area contributed by atoms with Crippen molar-refractivity contribution in [1.82, 2.24) is 0 Å². The Hall–Kier alpha value is -0.730. The summed E-state index contributed by atoms with van der Waals surface area (Å²) in [6.45, 7) is 11.7. The highest BCUT2D eigenvalue weighted by Gasteiger charge is 1.93. The summed E-state index contributed by atoms with van der Waals surface area (Å²) in [6.07, 6.45) is 1.39. The van der Waals surface area contributed by atoms with Crippen molar-refractivity contribution in [3.8, 4) is 0 Å². The number of carbonyl (C=O) groups excluding carboxylic acids is 1. The molecule has 0 aromatic carbocycles. The first-order valence-corrected chi connectivity index (χ1v) is 8.24. The summed E-state index contributed by atoms with van der Waals surface area (Å²) in [4.78, 5) is 10.3. The van der Waals surface area contributed by atoms with E-state index in [0.717, 1.165) is 19.6 Å². The van der Waals surface area contributed by atoms with Crippen LogP contribution in [0.1, 0.15) is 40.5 Å². The minimum Gasteiger partial charge on any atom is -0.466 e. The summed E-state index contributed by atoms with van der Waals surface area (Å²) in [7, 11) is 0. The predicted octanol–water partition coefficient (Wildman–Crippen LogP) is 1.40. The third kappa shape index (κ3) is 38.8. The van der Waals surface area contributed by atoms with Gasteiger partial charge < -0.3 is 29.2 Å².